The lowest BCUT2D eigenvalue weighted by Gasteiger charge is -2.18. The number of hydrogen-bond donors (Lipinski definition) is 1. The molecule has 0 saturated heterocycles. The average molecular weight is 428 g/mol. The summed E-state index contributed by atoms with van der Waals surface area (Å²) in [4.78, 5) is 9.07. The maximum atomic E-state index is 5.55. The summed E-state index contributed by atoms with van der Waals surface area (Å²) in [6.45, 7) is 11.4. The van der Waals surface area contributed by atoms with Gasteiger partial charge in [0.25, 0.3) is 0 Å². The van der Waals surface area contributed by atoms with Gasteiger partial charge in [-0.25, -0.2) is 5.01 Å². The van der Waals surface area contributed by atoms with Gasteiger partial charge in [-0.05, 0) is 73.2 Å². The van der Waals surface area contributed by atoms with Crippen molar-refractivity contribution in [2.45, 2.75) is 39.5 Å². The summed E-state index contributed by atoms with van der Waals surface area (Å²) in [5.74, 6) is 1.30. The molecule has 166 valence electrons. The van der Waals surface area contributed by atoms with Gasteiger partial charge in [0.1, 0.15) is 5.84 Å². The van der Waals surface area contributed by atoms with Crippen LogP contribution in [0.2, 0.25) is 0 Å². The van der Waals surface area contributed by atoms with Crippen molar-refractivity contribution in [3.05, 3.63) is 83.6 Å². The summed E-state index contributed by atoms with van der Waals surface area (Å²) in [6.07, 6.45) is 3.62. The van der Waals surface area contributed by atoms with Crippen molar-refractivity contribution in [1.82, 2.24) is 4.98 Å². The van der Waals surface area contributed by atoms with Crippen LogP contribution < -0.4 is 10.7 Å². The zero-order valence-electron chi connectivity index (χ0n) is 19.3. The Labute approximate surface area is 191 Å². The number of nitrogens with two attached hydrogens (primary N) is 1. The Hall–Kier alpha value is -3.31. The molecule has 5 nitrogen and oxygen atoms in total. The van der Waals surface area contributed by atoms with Crippen LogP contribution in [0.5, 0.6) is 0 Å². The van der Waals surface area contributed by atoms with Crippen molar-refractivity contribution < 1.29 is 0 Å². The standard InChI is InChI=1S/C27H33N5/c1-20(2)25-14-17-31-27(19-25)24-10-6-22(7-11-24)18-23-8-12-26(13-9-23)32(29-4)21(3)30-16-5-15-28/h6-14,17,19-20H,4-5,15-16,18,28H2,1-3H3. The third-order valence-corrected chi connectivity index (χ3v) is 5.44. The van der Waals surface area contributed by atoms with Gasteiger partial charge < -0.3 is 5.73 Å². The molecule has 3 rings (SSSR count). The number of hydrazone groups is 1. The molecule has 0 aliphatic rings. The van der Waals surface area contributed by atoms with Gasteiger partial charge in [0.15, 0.2) is 0 Å². The Morgan fingerprint density at radius 2 is 1.69 bits per heavy atom. The molecule has 0 aliphatic heterocycles. The first kappa shape index (κ1) is 23.4. The minimum atomic E-state index is 0.493. The normalized spacial score (nSPS) is 11.6. The Morgan fingerprint density at radius 1 is 1.03 bits per heavy atom. The largest absolute Gasteiger partial charge is 0.330 e. The van der Waals surface area contributed by atoms with E-state index in [1.807, 2.05) is 13.1 Å². The van der Waals surface area contributed by atoms with Gasteiger partial charge in [-0.15, -0.1) is 0 Å². The maximum absolute atomic E-state index is 5.55. The maximum Gasteiger partial charge on any atom is 0.122 e. The van der Waals surface area contributed by atoms with Crippen molar-refractivity contribution in [3.8, 4) is 11.3 Å². The highest BCUT2D eigenvalue weighted by atomic mass is 15.5. The highest BCUT2D eigenvalue weighted by molar-refractivity contribution is 5.95. The first-order chi connectivity index (χ1) is 15.5. The summed E-state index contributed by atoms with van der Waals surface area (Å²) < 4.78 is 0. The molecule has 0 saturated carbocycles. The Bertz CT molecular complexity index is 1040. The monoisotopic (exact) mass is 427 g/mol. The zero-order valence-corrected chi connectivity index (χ0v) is 19.3. The molecule has 0 atom stereocenters. The molecule has 0 aliphatic carbocycles. The number of aromatic nitrogens is 1. The second kappa shape index (κ2) is 11.3. The quantitative estimate of drug-likeness (QED) is 0.208. The SMILES string of the molecule is C=NN(C(C)=NCCCN)c1ccc(Cc2ccc(-c3cc(C(C)C)ccn3)cc2)cc1. The number of hydrogen-bond acceptors (Lipinski definition) is 4. The van der Waals surface area contributed by atoms with Crippen LogP contribution in [0.15, 0.2) is 77.0 Å². The molecule has 5 heteroatoms. The van der Waals surface area contributed by atoms with Crippen LogP contribution in [-0.4, -0.2) is 30.6 Å². The highest BCUT2D eigenvalue weighted by Crippen LogP contribution is 2.23. The molecule has 2 aromatic carbocycles. The summed E-state index contributed by atoms with van der Waals surface area (Å²) >= 11 is 0. The molecule has 0 amide bonds. The number of amidine groups is 1. The number of pyridine rings is 1. The predicted molar refractivity (Wildman–Crippen MR) is 137 cm³/mol. The number of nitrogens with zero attached hydrogens (tertiary/aromatic N) is 4. The Kier molecular flexibility index (Phi) is 8.28. The van der Waals surface area contributed by atoms with Gasteiger partial charge in [-0.2, -0.15) is 5.10 Å². The van der Waals surface area contributed by atoms with Crippen LogP contribution in [0.3, 0.4) is 0 Å². The van der Waals surface area contributed by atoms with Crippen molar-refractivity contribution in [2.75, 3.05) is 18.1 Å². The third-order valence-electron chi connectivity index (χ3n) is 5.44. The highest BCUT2D eigenvalue weighted by Gasteiger charge is 2.08. The first-order valence-electron chi connectivity index (χ1n) is 11.1. The fraction of sp³-hybridized carbons (Fsp3) is 0.296. The number of aliphatic imine (C=N–C) groups is 1. The van der Waals surface area contributed by atoms with E-state index in [0.29, 0.717) is 19.0 Å². The number of anilines is 1. The summed E-state index contributed by atoms with van der Waals surface area (Å²) in [5, 5.41) is 5.88. The van der Waals surface area contributed by atoms with Crippen LogP contribution in [-0.2, 0) is 6.42 Å². The van der Waals surface area contributed by atoms with E-state index in [1.54, 1.807) is 5.01 Å². The Morgan fingerprint density at radius 3 is 2.28 bits per heavy atom. The minimum absolute atomic E-state index is 0.493. The predicted octanol–water partition coefficient (Wildman–Crippen LogP) is 5.65. The van der Waals surface area contributed by atoms with Crippen molar-refractivity contribution in [2.24, 2.45) is 15.8 Å². The van der Waals surface area contributed by atoms with Crippen molar-refractivity contribution in [1.29, 1.82) is 0 Å². The van der Waals surface area contributed by atoms with Gasteiger partial charge in [0.05, 0.1) is 11.4 Å². The molecule has 0 unspecified atom stereocenters. The van der Waals surface area contributed by atoms with E-state index < -0.39 is 0 Å². The average Bonchev–Trinajstić information content (AvgIpc) is 2.81. The van der Waals surface area contributed by atoms with Gasteiger partial charge in [0, 0.05) is 25.0 Å². The topological polar surface area (TPSA) is 66.9 Å². The number of rotatable bonds is 9. The van der Waals surface area contributed by atoms with Gasteiger partial charge in [-0.3, -0.25) is 9.98 Å². The van der Waals surface area contributed by atoms with E-state index in [-0.39, 0.29) is 0 Å². The van der Waals surface area contributed by atoms with Crippen LogP contribution in [0, 0.1) is 0 Å². The molecule has 2 N–H and O–H groups in total. The van der Waals surface area contributed by atoms with E-state index in [0.717, 1.165) is 35.6 Å². The van der Waals surface area contributed by atoms with E-state index in [9.17, 15) is 0 Å². The molecular formula is C27H33N5. The van der Waals surface area contributed by atoms with Gasteiger partial charge >= 0.3 is 0 Å². The lowest BCUT2D eigenvalue weighted by Crippen LogP contribution is -2.22. The second-order valence-corrected chi connectivity index (χ2v) is 8.19. The summed E-state index contributed by atoms with van der Waals surface area (Å²) in [5.41, 5.74) is 12.5. The molecule has 0 radical (unpaired) electrons. The lowest BCUT2D eigenvalue weighted by atomic mass is 9.99. The minimum Gasteiger partial charge on any atom is -0.330 e. The molecule has 1 aromatic heterocycles. The molecular weight excluding hydrogens is 394 g/mol. The van der Waals surface area contributed by atoms with E-state index >= 15 is 0 Å². The summed E-state index contributed by atoms with van der Waals surface area (Å²) in [7, 11) is 0. The molecule has 32 heavy (non-hydrogen) atoms. The molecule has 0 spiro atoms. The van der Waals surface area contributed by atoms with E-state index in [1.165, 1.54) is 16.7 Å². The van der Waals surface area contributed by atoms with E-state index in [4.69, 9.17) is 5.73 Å². The van der Waals surface area contributed by atoms with Crippen molar-refractivity contribution in [3.63, 3.8) is 0 Å². The fourth-order valence-corrected chi connectivity index (χ4v) is 3.52. The molecule has 0 bridgehead atoms. The zero-order chi connectivity index (χ0) is 22.9. The lowest BCUT2D eigenvalue weighted by molar-refractivity contribution is 0.840. The smallest absolute Gasteiger partial charge is 0.122 e. The van der Waals surface area contributed by atoms with Crippen LogP contribution in [0.4, 0.5) is 5.69 Å². The van der Waals surface area contributed by atoms with Gasteiger partial charge in [-0.1, -0.05) is 50.2 Å². The molecule has 3 aromatic rings. The Balaban J connectivity index is 1.68. The van der Waals surface area contributed by atoms with Crippen LogP contribution in [0.25, 0.3) is 11.3 Å². The van der Waals surface area contributed by atoms with Crippen LogP contribution >= 0.6 is 0 Å². The second-order valence-electron chi connectivity index (χ2n) is 8.19. The molecule has 1 heterocycles. The fourth-order valence-electron chi connectivity index (χ4n) is 3.52. The summed E-state index contributed by atoms with van der Waals surface area (Å²) in [6, 6.07) is 21.3. The first-order valence-corrected chi connectivity index (χ1v) is 11.1. The van der Waals surface area contributed by atoms with Gasteiger partial charge in [0.2, 0.25) is 0 Å². The van der Waals surface area contributed by atoms with Crippen LogP contribution in [0.1, 0.15) is 49.8 Å². The van der Waals surface area contributed by atoms with Crippen molar-refractivity contribution >= 4 is 18.2 Å². The number of benzene rings is 2. The third kappa shape index (κ3) is 6.11. The van der Waals surface area contributed by atoms with E-state index in [2.05, 4.69) is 96.3 Å². The molecule has 0 fully saturated rings.